The lowest BCUT2D eigenvalue weighted by Crippen LogP contribution is -2.37. The molecule has 0 spiro atoms. The molecule has 0 aliphatic heterocycles. The number of H-pyrrole nitrogens is 1. The fourth-order valence-corrected chi connectivity index (χ4v) is 3.45. The number of nitrogens with one attached hydrogen (secondary N) is 2. The molecule has 6 heteroatoms. The van der Waals surface area contributed by atoms with Crippen molar-refractivity contribution >= 4 is 44.7 Å². The number of hydrogen-bond acceptors (Lipinski definition) is 3. The van der Waals surface area contributed by atoms with Crippen LogP contribution in [-0.4, -0.2) is 16.9 Å². The molecule has 0 saturated heterocycles. The summed E-state index contributed by atoms with van der Waals surface area (Å²) in [5, 5.41) is 6.46. The molecule has 3 aromatic carbocycles. The van der Waals surface area contributed by atoms with E-state index in [0.717, 1.165) is 16.3 Å². The van der Waals surface area contributed by atoms with Crippen LogP contribution in [0.2, 0.25) is 5.02 Å². The lowest BCUT2D eigenvalue weighted by Gasteiger charge is -2.14. The maximum Gasteiger partial charge on any atom is 0.255 e. The van der Waals surface area contributed by atoms with E-state index < -0.39 is 6.04 Å². The van der Waals surface area contributed by atoms with Gasteiger partial charge < -0.3 is 16.0 Å². The van der Waals surface area contributed by atoms with E-state index in [1.807, 2.05) is 42.5 Å². The normalized spacial score (nSPS) is 12.2. The summed E-state index contributed by atoms with van der Waals surface area (Å²) >= 11 is 6.24. The second kappa shape index (κ2) is 7.46. The first-order valence-electron chi connectivity index (χ1n) is 8.86. The highest BCUT2D eigenvalue weighted by Crippen LogP contribution is 2.26. The summed E-state index contributed by atoms with van der Waals surface area (Å²) in [4.78, 5) is 27.0. The Morgan fingerprint density at radius 1 is 1.04 bits per heavy atom. The van der Waals surface area contributed by atoms with Crippen molar-refractivity contribution < 1.29 is 4.79 Å². The molecule has 0 unspecified atom stereocenters. The van der Waals surface area contributed by atoms with Gasteiger partial charge in [0, 0.05) is 11.6 Å². The molecular weight excluding hydrogens is 374 g/mol. The van der Waals surface area contributed by atoms with Gasteiger partial charge in [-0.1, -0.05) is 54.1 Å². The zero-order valence-corrected chi connectivity index (χ0v) is 15.7. The molecule has 5 nitrogen and oxygen atoms in total. The van der Waals surface area contributed by atoms with Crippen molar-refractivity contribution in [2.24, 2.45) is 5.73 Å². The minimum atomic E-state index is -0.730. The van der Waals surface area contributed by atoms with Gasteiger partial charge in [0.15, 0.2) is 0 Å². The van der Waals surface area contributed by atoms with Crippen LogP contribution in [0.3, 0.4) is 0 Å². The number of benzene rings is 3. The highest BCUT2D eigenvalue weighted by molar-refractivity contribution is 6.34. The van der Waals surface area contributed by atoms with E-state index in [1.165, 1.54) is 0 Å². The summed E-state index contributed by atoms with van der Waals surface area (Å²) in [6.07, 6.45) is 1.96. The van der Waals surface area contributed by atoms with Crippen LogP contribution < -0.4 is 16.6 Å². The van der Waals surface area contributed by atoms with Gasteiger partial charge in [-0.15, -0.1) is 0 Å². The highest BCUT2D eigenvalue weighted by atomic mass is 35.5. The lowest BCUT2D eigenvalue weighted by molar-refractivity contribution is -0.117. The van der Waals surface area contributed by atoms with Crippen molar-refractivity contribution in [3.8, 4) is 0 Å². The van der Waals surface area contributed by atoms with Crippen LogP contribution in [-0.2, 0) is 11.2 Å². The topological polar surface area (TPSA) is 88.0 Å². The van der Waals surface area contributed by atoms with Crippen molar-refractivity contribution in [1.82, 2.24) is 4.98 Å². The Labute approximate surface area is 166 Å². The Bertz CT molecular complexity index is 1250. The summed E-state index contributed by atoms with van der Waals surface area (Å²) in [6, 6.07) is 18.3. The molecule has 0 fully saturated rings. The summed E-state index contributed by atoms with van der Waals surface area (Å²) in [5.41, 5.74) is 7.30. The largest absolute Gasteiger partial charge is 0.329 e. The van der Waals surface area contributed by atoms with E-state index >= 15 is 0 Å². The van der Waals surface area contributed by atoms with Crippen molar-refractivity contribution in [3.63, 3.8) is 0 Å². The molecule has 0 aliphatic carbocycles. The van der Waals surface area contributed by atoms with Crippen LogP contribution in [0.15, 0.2) is 71.7 Å². The predicted molar refractivity (Wildman–Crippen MR) is 114 cm³/mol. The second-order valence-electron chi connectivity index (χ2n) is 6.71. The Balaban J connectivity index is 1.53. The third-order valence-electron chi connectivity index (χ3n) is 4.73. The van der Waals surface area contributed by atoms with Gasteiger partial charge in [-0.3, -0.25) is 9.59 Å². The predicted octanol–water partition coefficient (Wildman–Crippen LogP) is 3.84. The number of hydrogen-bond donors (Lipinski definition) is 3. The number of carbonyl (C=O) groups excluding carboxylic acids is 1. The maximum atomic E-state index is 12.6. The Morgan fingerprint density at radius 2 is 1.82 bits per heavy atom. The SMILES string of the molecule is N[C@H](Cc1ccc2ccccc2c1)C(=O)Nc1cc2cc[nH]c(=O)c2cc1Cl. The molecule has 0 radical (unpaired) electrons. The zero-order valence-electron chi connectivity index (χ0n) is 14.9. The smallest absolute Gasteiger partial charge is 0.255 e. The molecule has 4 rings (SSSR count). The van der Waals surface area contributed by atoms with Gasteiger partial charge in [-0.05, 0) is 46.3 Å². The number of halogens is 1. The molecule has 4 N–H and O–H groups in total. The summed E-state index contributed by atoms with van der Waals surface area (Å²) in [6.45, 7) is 0. The van der Waals surface area contributed by atoms with Crippen molar-refractivity contribution in [2.75, 3.05) is 5.32 Å². The number of aromatic nitrogens is 1. The number of anilines is 1. The minimum Gasteiger partial charge on any atom is -0.329 e. The summed E-state index contributed by atoms with van der Waals surface area (Å²) in [5.74, 6) is -0.334. The van der Waals surface area contributed by atoms with Gasteiger partial charge in [0.1, 0.15) is 0 Å². The molecule has 140 valence electrons. The lowest BCUT2D eigenvalue weighted by atomic mass is 10.0. The Hall–Kier alpha value is -3.15. The molecule has 1 heterocycles. The first-order valence-corrected chi connectivity index (χ1v) is 9.24. The molecular formula is C22H18ClN3O2. The molecule has 0 saturated carbocycles. The van der Waals surface area contributed by atoms with E-state index in [4.69, 9.17) is 17.3 Å². The second-order valence-corrected chi connectivity index (χ2v) is 7.11. The van der Waals surface area contributed by atoms with E-state index in [2.05, 4.69) is 10.3 Å². The number of fused-ring (bicyclic) bond motifs is 2. The third kappa shape index (κ3) is 3.63. The zero-order chi connectivity index (χ0) is 19.7. The van der Waals surface area contributed by atoms with Crippen LogP contribution in [0.4, 0.5) is 5.69 Å². The van der Waals surface area contributed by atoms with Crippen LogP contribution in [0, 0.1) is 0 Å². The monoisotopic (exact) mass is 391 g/mol. The molecule has 0 aliphatic rings. The van der Waals surface area contributed by atoms with Crippen LogP contribution >= 0.6 is 11.6 Å². The number of rotatable bonds is 4. The maximum absolute atomic E-state index is 12.6. The van der Waals surface area contributed by atoms with Gasteiger partial charge in [0.2, 0.25) is 5.91 Å². The number of nitrogens with two attached hydrogens (primary N) is 1. The minimum absolute atomic E-state index is 0.231. The number of amides is 1. The molecule has 0 bridgehead atoms. The highest BCUT2D eigenvalue weighted by Gasteiger charge is 2.16. The summed E-state index contributed by atoms with van der Waals surface area (Å²) < 4.78 is 0. The first kappa shape index (κ1) is 18.2. The average Bonchev–Trinajstić information content (AvgIpc) is 2.69. The van der Waals surface area contributed by atoms with Gasteiger partial charge >= 0.3 is 0 Å². The van der Waals surface area contributed by atoms with Gasteiger partial charge in [0.25, 0.3) is 5.56 Å². The average molecular weight is 392 g/mol. The molecule has 1 atom stereocenters. The van der Waals surface area contributed by atoms with Gasteiger partial charge in [-0.25, -0.2) is 0 Å². The van der Waals surface area contributed by atoms with Gasteiger partial charge in [-0.2, -0.15) is 0 Å². The standard InChI is InChI=1S/C22H18ClN3O2/c23-18-12-17-16(7-8-25-21(17)27)11-20(18)26-22(28)19(24)10-13-5-6-14-3-1-2-4-15(14)9-13/h1-9,11-12,19H,10,24H2,(H,25,27)(H,26,28)/t19-/m1/s1. The third-order valence-corrected chi connectivity index (χ3v) is 5.04. The van der Waals surface area contributed by atoms with Crippen LogP contribution in [0.25, 0.3) is 21.5 Å². The van der Waals surface area contributed by atoms with Crippen molar-refractivity contribution in [1.29, 1.82) is 0 Å². The number of carbonyl (C=O) groups is 1. The summed E-state index contributed by atoms with van der Waals surface area (Å²) in [7, 11) is 0. The fraction of sp³-hybridized carbons (Fsp3) is 0.0909. The van der Waals surface area contributed by atoms with Crippen molar-refractivity contribution in [3.05, 3.63) is 87.8 Å². The van der Waals surface area contributed by atoms with E-state index in [0.29, 0.717) is 22.9 Å². The Kier molecular flexibility index (Phi) is 4.86. The molecule has 4 aromatic rings. The van der Waals surface area contributed by atoms with Crippen LogP contribution in [0.5, 0.6) is 0 Å². The van der Waals surface area contributed by atoms with E-state index in [-0.39, 0.29) is 16.5 Å². The number of pyridine rings is 1. The number of aromatic amines is 1. The first-order chi connectivity index (χ1) is 13.5. The Morgan fingerprint density at radius 3 is 2.64 bits per heavy atom. The van der Waals surface area contributed by atoms with Crippen molar-refractivity contribution in [2.45, 2.75) is 12.5 Å². The molecule has 1 amide bonds. The quantitative estimate of drug-likeness (QED) is 0.493. The van der Waals surface area contributed by atoms with E-state index in [1.54, 1.807) is 24.4 Å². The van der Waals surface area contributed by atoms with E-state index in [9.17, 15) is 9.59 Å². The van der Waals surface area contributed by atoms with Crippen LogP contribution in [0.1, 0.15) is 5.56 Å². The molecule has 1 aromatic heterocycles. The fourth-order valence-electron chi connectivity index (χ4n) is 3.24. The molecule has 28 heavy (non-hydrogen) atoms. The van der Waals surface area contributed by atoms with Gasteiger partial charge in [0.05, 0.1) is 16.8 Å².